The van der Waals surface area contributed by atoms with Crippen molar-refractivity contribution >= 4 is 70.1 Å². The van der Waals surface area contributed by atoms with E-state index in [-0.39, 0.29) is 11.6 Å². The molecule has 0 saturated carbocycles. The highest BCUT2D eigenvalue weighted by atomic mass is 35.5. The summed E-state index contributed by atoms with van der Waals surface area (Å²) in [6, 6.07) is 33.6. The normalized spacial score (nSPS) is 11.8. The van der Waals surface area contributed by atoms with E-state index in [9.17, 15) is 14.4 Å². The molecule has 5 rings (SSSR count). The smallest absolute Gasteiger partial charge is 0.272 e. The summed E-state index contributed by atoms with van der Waals surface area (Å²) < 4.78 is 5.95. The van der Waals surface area contributed by atoms with Gasteiger partial charge in [-0.3, -0.25) is 14.4 Å². The highest BCUT2D eigenvalue weighted by molar-refractivity contribution is 8.00. The molecule has 0 spiro atoms. The molecule has 3 amide bonds. The fraction of sp³-hybridized carbons (Fsp3) is 0.0571. The average Bonchev–Trinajstić information content (AvgIpc) is 3.52. The zero-order valence-electron chi connectivity index (χ0n) is 23.9. The Labute approximate surface area is 274 Å². The summed E-state index contributed by atoms with van der Waals surface area (Å²) in [5, 5.41) is 8.74. The first-order valence-corrected chi connectivity index (χ1v) is 15.5. The molecule has 1 heterocycles. The average molecular weight is 657 g/mol. The second kappa shape index (κ2) is 14.8. The number of benzene rings is 4. The Hall–Kier alpha value is -4.76. The summed E-state index contributed by atoms with van der Waals surface area (Å²) >= 11 is 13.5. The van der Waals surface area contributed by atoms with Crippen LogP contribution in [0.1, 0.15) is 23.0 Å². The maximum absolute atomic E-state index is 13.4. The van der Waals surface area contributed by atoms with E-state index < -0.39 is 17.1 Å². The van der Waals surface area contributed by atoms with Crippen molar-refractivity contribution in [3.05, 3.63) is 142 Å². The first-order chi connectivity index (χ1) is 21.7. The van der Waals surface area contributed by atoms with Crippen LogP contribution in [0.5, 0.6) is 0 Å². The second-order valence-corrected chi connectivity index (χ2v) is 12.1. The maximum Gasteiger partial charge on any atom is 0.272 e. The summed E-state index contributed by atoms with van der Waals surface area (Å²) in [6.07, 6.45) is 1.49. The molecular formula is C35H27Cl2N3O4S. The van der Waals surface area contributed by atoms with Crippen LogP contribution in [0.3, 0.4) is 0 Å². The van der Waals surface area contributed by atoms with E-state index in [1.54, 1.807) is 91.9 Å². The molecule has 0 aliphatic rings. The summed E-state index contributed by atoms with van der Waals surface area (Å²) in [6.45, 7) is 1.78. The molecule has 10 heteroatoms. The summed E-state index contributed by atoms with van der Waals surface area (Å²) in [5.41, 5.74) is 2.26. The Morgan fingerprint density at radius 1 is 0.800 bits per heavy atom. The van der Waals surface area contributed by atoms with E-state index in [0.717, 1.165) is 10.5 Å². The lowest BCUT2D eigenvalue weighted by Gasteiger charge is -2.14. The Bertz CT molecular complexity index is 1840. The predicted octanol–water partition coefficient (Wildman–Crippen LogP) is 8.78. The Morgan fingerprint density at radius 2 is 1.49 bits per heavy atom. The van der Waals surface area contributed by atoms with E-state index in [2.05, 4.69) is 16.0 Å². The molecule has 0 radical (unpaired) electrons. The first kappa shape index (κ1) is 31.7. The fourth-order valence-corrected chi connectivity index (χ4v) is 5.49. The van der Waals surface area contributed by atoms with Crippen molar-refractivity contribution in [1.82, 2.24) is 5.32 Å². The number of furan rings is 1. The third kappa shape index (κ3) is 8.67. The highest BCUT2D eigenvalue weighted by Crippen LogP contribution is 2.29. The third-order valence-electron chi connectivity index (χ3n) is 6.48. The van der Waals surface area contributed by atoms with Crippen LogP contribution in [0.2, 0.25) is 10.0 Å². The molecule has 0 unspecified atom stereocenters. The number of carbonyl (C=O) groups excluding carboxylic acids is 3. The van der Waals surface area contributed by atoms with Crippen LogP contribution in [0.25, 0.3) is 17.4 Å². The fourth-order valence-electron chi connectivity index (χ4n) is 4.17. The zero-order valence-corrected chi connectivity index (χ0v) is 26.2. The van der Waals surface area contributed by atoms with Gasteiger partial charge in [0.1, 0.15) is 17.2 Å². The van der Waals surface area contributed by atoms with Gasteiger partial charge in [0.05, 0.1) is 16.0 Å². The molecule has 0 aliphatic carbocycles. The SMILES string of the molecule is C[C@@H](Sc1ccc(NC(=O)/C(=C/c2ccc(-c3ccccc3)o2)NC(=O)c2ccccc2)cc1)C(=O)Nc1ccc(Cl)cc1Cl. The van der Waals surface area contributed by atoms with E-state index in [1.165, 1.54) is 17.8 Å². The van der Waals surface area contributed by atoms with Crippen LogP contribution < -0.4 is 16.0 Å². The first-order valence-electron chi connectivity index (χ1n) is 13.8. The highest BCUT2D eigenvalue weighted by Gasteiger charge is 2.18. The summed E-state index contributed by atoms with van der Waals surface area (Å²) in [7, 11) is 0. The standard InChI is InChI=1S/C35H27Cl2N3O4S/c1-22(33(41)39-30-18-12-25(36)20-29(30)37)45-28-16-13-26(14-17-28)38-35(43)31(40-34(42)24-10-6-3-7-11-24)21-27-15-19-32(44-27)23-8-4-2-5-9-23/h2-22H,1H3,(H,38,43)(H,39,41)(H,40,42)/b31-21-/t22-/m1/s1. The number of amides is 3. The van der Waals surface area contributed by atoms with Crippen LogP contribution in [-0.2, 0) is 9.59 Å². The molecule has 7 nitrogen and oxygen atoms in total. The van der Waals surface area contributed by atoms with Crippen molar-refractivity contribution in [3.8, 4) is 11.3 Å². The Kier molecular flexibility index (Phi) is 10.4. The van der Waals surface area contributed by atoms with Crippen molar-refractivity contribution < 1.29 is 18.8 Å². The Morgan fingerprint density at radius 3 is 2.18 bits per heavy atom. The largest absolute Gasteiger partial charge is 0.457 e. The number of thioether (sulfide) groups is 1. The molecule has 1 atom stereocenters. The van der Waals surface area contributed by atoms with Gasteiger partial charge in [-0.25, -0.2) is 0 Å². The lowest BCUT2D eigenvalue weighted by atomic mass is 10.2. The number of hydrogen-bond donors (Lipinski definition) is 3. The van der Waals surface area contributed by atoms with Crippen LogP contribution in [0, 0.1) is 0 Å². The number of anilines is 2. The monoisotopic (exact) mass is 655 g/mol. The predicted molar refractivity (Wildman–Crippen MR) is 182 cm³/mol. The van der Waals surface area contributed by atoms with Crippen LogP contribution in [0.4, 0.5) is 11.4 Å². The van der Waals surface area contributed by atoms with Gasteiger partial charge in [-0.2, -0.15) is 0 Å². The van der Waals surface area contributed by atoms with Crippen LogP contribution in [0.15, 0.2) is 130 Å². The van der Waals surface area contributed by atoms with Gasteiger partial charge >= 0.3 is 0 Å². The molecule has 3 N–H and O–H groups in total. The molecule has 0 aliphatic heterocycles. The van der Waals surface area contributed by atoms with Crippen molar-refractivity contribution in [1.29, 1.82) is 0 Å². The van der Waals surface area contributed by atoms with Gasteiger partial charge in [-0.05, 0) is 73.7 Å². The molecular weight excluding hydrogens is 629 g/mol. The lowest BCUT2D eigenvalue weighted by Crippen LogP contribution is -2.30. The van der Waals surface area contributed by atoms with E-state index >= 15 is 0 Å². The minimum atomic E-state index is -0.537. The van der Waals surface area contributed by atoms with Crippen molar-refractivity contribution in [2.24, 2.45) is 0 Å². The van der Waals surface area contributed by atoms with E-state index in [4.69, 9.17) is 27.6 Å². The number of hydrogen-bond acceptors (Lipinski definition) is 5. The topological polar surface area (TPSA) is 100 Å². The van der Waals surface area contributed by atoms with E-state index in [0.29, 0.717) is 38.5 Å². The minimum absolute atomic E-state index is 0.00224. The number of rotatable bonds is 10. The Balaban J connectivity index is 1.27. The van der Waals surface area contributed by atoms with Gasteiger partial charge in [0, 0.05) is 32.8 Å². The van der Waals surface area contributed by atoms with Gasteiger partial charge in [0.2, 0.25) is 5.91 Å². The molecule has 0 bridgehead atoms. The lowest BCUT2D eigenvalue weighted by molar-refractivity contribution is -0.115. The molecule has 0 saturated heterocycles. The van der Waals surface area contributed by atoms with Crippen LogP contribution >= 0.6 is 35.0 Å². The molecule has 4 aromatic carbocycles. The van der Waals surface area contributed by atoms with Gasteiger partial charge in [-0.1, -0.05) is 71.7 Å². The van der Waals surface area contributed by atoms with Crippen molar-refractivity contribution in [2.45, 2.75) is 17.1 Å². The van der Waals surface area contributed by atoms with Gasteiger partial charge in [-0.15, -0.1) is 11.8 Å². The maximum atomic E-state index is 13.4. The molecule has 5 aromatic rings. The number of halogens is 2. The van der Waals surface area contributed by atoms with Gasteiger partial charge < -0.3 is 20.4 Å². The number of carbonyl (C=O) groups is 3. The van der Waals surface area contributed by atoms with Gasteiger partial charge in [0.15, 0.2) is 0 Å². The quantitative estimate of drug-likeness (QED) is 0.103. The van der Waals surface area contributed by atoms with Crippen molar-refractivity contribution in [2.75, 3.05) is 10.6 Å². The van der Waals surface area contributed by atoms with Crippen molar-refractivity contribution in [3.63, 3.8) is 0 Å². The molecule has 45 heavy (non-hydrogen) atoms. The molecule has 0 fully saturated rings. The zero-order chi connectivity index (χ0) is 31.8. The van der Waals surface area contributed by atoms with Gasteiger partial charge in [0.25, 0.3) is 11.8 Å². The van der Waals surface area contributed by atoms with Crippen LogP contribution in [-0.4, -0.2) is 23.0 Å². The minimum Gasteiger partial charge on any atom is -0.457 e. The summed E-state index contributed by atoms with van der Waals surface area (Å²) in [4.78, 5) is 39.9. The third-order valence-corrected chi connectivity index (χ3v) is 8.14. The van der Waals surface area contributed by atoms with E-state index in [1.807, 2.05) is 30.3 Å². The molecule has 226 valence electrons. The summed E-state index contributed by atoms with van der Waals surface area (Å²) in [5.74, 6) is -0.177. The molecule has 1 aromatic heterocycles. The second-order valence-electron chi connectivity index (χ2n) is 9.80. The number of nitrogens with one attached hydrogen (secondary N) is 3.